The van der Waals surface area contributed by atoms with Gasteiger partial charge in [-0.25, -0.2) is 0 Å². The minimum absolute atomic E-state index is 0.0302. The van der Waals surface area contributed by atoms with Crippen molar-refractivity contribution < 1.29 is 9.53 Å². The molecule has 0 aliphatic carbocycles. The van der Waals surface area contributed by atoms with Crippen LogP contribution in [0, 0.1) is 18.3 Å². The quantitative estimate of drug-likeness (QED) is 0.655. The summed E-state index contributed by atoms with van der Waals surface area (Å²) in [5.41, 5.74) is 2.31. The molecule has 2 aromatic carbocycles. The third-order valence-electron chi connectivity index (χ3n) is 3.12. The molecule has 2 rings (SSSR count). The molecule has 0 aliphatic heterocycles. The van der Waals surface area contributed by atoms with E-state index >= 15 is 0 Å². The Bertz CT molecular complexity index is 776. The molecule has 0 spiro atoms. The Labute approximate surface area is 135 Å². The Morgan fingerprint density at radius 3 is 2.70 bits per heavy atom. The van der Waals surface area contributed by atoms with Crippen LogP contribution in [0.25, 0.3) is 0 Å². The third-order valence-corrected chi connectivity index (χ3v) is 3.12. The van der Waals surface area contributed by atoms with Crippen molar-refractivity contribution in [3.63, 3.8) is 0 Å². The highest BCUT2D eigenvalue weighted by molar-refractivity contribution is 6.06. The van der Waals surface area contributed by atoms with Crippen molar-refractivity contribution in [1.82, 2.24) is 0 Å². The highest BCUT2D eigenvalue weighted by Crippen LogP contribution is 2.23. The van der Waals surface area contributed by atoms with Gasteiger partial charge in [-0.15, -0.1) is 0 Å². The predicted molar refractivity (Wildman–Crippen MR) is 90.1 cm³/mol. The zero-order valence-electron chi connectivity index (χ0n) is 13.0. The van der Waals surface area contributed by atoms with E-state index in [4.69, 9.17) is 4.74 Å². The van der Waals surface area contributed by atoms with Gasteiger partial charge in [0.25, 0.3) is 5.91 Å². The molecular weight excluding hydrogens is 290 g/mol. The van der Waals surface area contributed by atoms with E-state index in [1.165, 1.54) is 6.20 Å². The van der Waals surface area contributed by atoms with Crippen LogP contribution in [-0.2, 0) is 4.79 Å². The number of anilines is 2. The zero-order valence-corrected chi connectivity index (χ0v) is 13.0. The standard InChI is InChI=1S/C18H17N3O2/c1-13-6-5-7-15(10-13)21-18(22)14(11-19)12-20-16-8-3-4-9-17(16)23-2/h3-10,12,20H,1-2H3,(H,21,22)/b14-12-. The molecule has 2 N–H and O–H groups in total. The van der Waals surface area contributed by atoms with Crippen LogP contribution in [-0.4, -0.2) is 13.0 Å². The summed E-state index contributed by atoms with van der Waals surface area (Å²) in [6.45, 7) is 1.93. The van der Waals surface area contributed by atoms with Crippen molar-refractivity contribution in [3.05, 3.63) is 65.9 Å². The first-order chi connectivity index (χ1) is 11.1. The van der Waals surface area contributed by atoms with Gasteiger partial charge in [0.05, 0.1) is 12.8 Å². The zero-order chi connectivity index (χ0) is 16.7. The number of ether oxygens (including phenoxy) is 1. The maximum Gasteiger partial charge on any atom is 0.267 e. The Morgan fingerprint density at radius 2 is 2.00 bits per heavy atom. The van der Waals surface area contributed by atoms with E-state index in [9.17, 15) is 10.1 Å². The number of carbonyl (C=O) groups excluding carboxylic acids is 1. The fraction of sp³-hybridized carbons (Fsp3) is 0.111. The van der Waals surface area contributed by atoms with Crippen molar-refractivity contribution in [3.8, 4) is 11.8 Å². The van der Waals surface area contributed by atoms with E-state index in [2.05, 4.69) is 10.6 Å². The van der Waals surface area contributed by atoms with Crippen molar-refractivity contribution in [1.29, 1.82) is 5.26 Å². The van der Waals surface area contributed by atoms with Gasteiger partial charge >= 0.3 is 0 Å². The van der Waals surface area contributed by atoms with Crippen LogP contribution in [0.5, 0.6) is 5.75 Å². The molecule has 0 radical (unpaired) electrons. The molecule has 0 aliphatic rings. The number of para-hydroxylation sites is 2. The molecule has 0 saturated carbocycles. The van der Waals surface area contributed by atoms with Crippen molar-refractivity contribution >= 4 is 17.3 Å². The first-order valence-corrected chi connectivity index (χ1v) is 7.02. The number of nitrogens with one attached hydrogen (secondary N) is 2. The average Bonchev–Trinajstić information content (AvgIpc) is 2.55. The molecule has 0 aromatic heterocycles. The molecule has 5 nitrogen and oxygen atoms in total. The van der Waals surface area contributed by atoms with Gasteiger partial charge in [-0.1, -0.05) is 24.3 Å². The van der Waals surface area contributed by atoms with Gasteiger partial charge < -0.3 is 15.4 Å². The second-order valence-electron chi connectivity index (χ2n) is 4.84. The summed E-state index contributed by atoms with van der Waals surface area (Å²) in [7, 11) is 1.56. The third kappa shape index (κ3) is 4.35. The SMILES string of the molecule is COc1ccccc1N/C=C(/C#N)C(=O)Nc1cccc(C)c1. The summed E-state index contributed by atoms with van der Waals surface area (Å²) in [6, 6.07) is 16.5. The number of hydrogen-bond donors (Lipinski definition) is 2. The molecule has 0 fully saturated rings. The number of nitriles is 1. The Hall–Kier alpha value is -3.26. The fourth-order valence-corrected chi connectivity index (χ4v) is 1.98. The number of benzene rings is 2. The van der Waals surface area contributed by atoms with Gasteiger partial charge in [-0.2, -0.15) is 5.26 Å². The fourth-order valence-electron chi connectivity index (χ4n) is 1.98. The molecule has 1 amide bonds. The van der Waals surface area contributed by atoms with Gasteiger partial charge in [0.1, 0.15) is 17.4 Å². The Morgan fingerprint density at radius 1 is 1.22 bits per heavy atom. The summed E-state index contributed by atoms with van der Waals surface area (Å²) in [5.74, 6) is 0.153. The van der Waals surface area contributed by atoms with Gasteiger partial charge in [0.2, 0.25) is 0 Å². The monoisotopic (exact) mass is 307 g/mol. The van der Waals surface area contributed by atoms with Gasteiger partial charge in [-0.3, -0.25) is 4.79 Å². The number of aryl methyl sites for hydroxylation is 1. The van der Waals surface area contributed by atoms with Crippen LogP contribution in [0.2, 0.25) is 0 Å². The number of rotatable bonds is 5. The maximum atomic E-state index is 12.2. The number of amides is 1. The first kappa shape index (κ1) is 16.1. The number of hydrogen-bond acceptors (Lipinski definition) is 4. The van der Waals surface area contributed by atoms with Crippen molar-refractivity contribution in [2.24, 2.45) is 0 Å². The molecule has 5 heteroatoms. The first-order valence-electron chi connectivity index (χ1n) is 7.02. The van der Waals surface area contributed by atoms with Crippen LogP contribution in [0.3, 0.4) is 0 Å². The molecule has 116 valence electrons. The second kappa shape index (κ2) is 7.66. The lowest BCUT2D eigenvalue weighted by atomic mass is 10.2. The summed E-state index contributed by atoms with van der Waals surface area (Å²) in [6.07, 6.45) is 1.36. The van der Waals surface area contributed by atoms with Crippen molar-refractivity contribution in [2.45, 2.75) is 6.92 Å². The molecule has 0 heterocycles. The summed E-state index contributed by atoms with van der Waals surface area (Å²) < 4.78 is 5.21. The van der Waals surface area contributed by atoms with Gasteiger partial charge in [0, 0.05) is 11.9 Å². The lowest BCUT2D eigenvalue weighted by Gasteiger charge is -2.08. The molecule has 0 saturated heterocycles. The number of carbonyl (C=O) groups is 1. The minimum Gasteiger partial charge on any atom is -0.495 e. The molecule has 0 atom stereocenters. The van der Waals surface area contributed by atoms with Crippen molar-refractivity contribution in [2.75, 3.05) is 17.7 Å². The maximum absolute atomic E-state index is 12.2. The molecule has 0 unspecified atom stereocenters. The number of nitrogens with zero attached hydrogens (tertiary/aromatic N) is 1. The van der Waals surface area contributed by atoms with E-state index in [1.54, 1.807) is 25.3 Å². The van der Waals surface area contributed by atoms with E-state index in [-0.39, 0.29) is 5.57 Å². The lowest BCUT2D eigenvalue weighted by molar-refractivity contribution is -0.112. The Kier molecular flexibility index (Phi) is 5.37. The molecule has 0 bridgehead atoms. The highest BCUT2D eigenvalue weighted by Gasteiger charge is 2.10. The minimum atomic E-state index is -0.472. The van der Waals surface area contributed by atoms with Gasteiger partial charge in [-0.05, 0) is 36.8 Å². The van der Waals surface area contributed by atoms with Gasteiger partial charge in [0.15, 0.2) is 0 Å². The van der Waals surface area contributed by atoms with E-state index in [0.717, 1.165) is 5.56 Å². The van der Waals surface area contributed by atoms with Crippen LogP contribution >= 0.6 is 0 Å². The molecular formula is C18H17N3O2. The number of methoxy groups -OCH3 is 1. The Balaban J connectivity index is 2.12. The van der Waals surface area contributed by atoms with Crippen LogP contribution in [0.4, 0.5) is 11.4 Å². The topological polar surface area (TPSA) is 74.1 Å². The largest absolute Gasteiger partial charge is 0.495 e. The average molecular weight is 307 g/mol. The van der Waals surface area contributed by atoms with Crippen LogP contribution in [0.15, 0.2) is 60.3 Å². The smallest absolute Gasteiger partial charge is 0.267 e. The van der Waals surface area contributed by atoms with E-state index in [1.807, 2.05) is 43.3 Å². The van der Waals surface area contributed by atoms with E-state index in [0.29, 0.717) is 17.1 Å². The summed E-state index contributed by atoms with van der Waals surface area (Å²) in [4.78, 5) is 12.2. The van der Waals surface area contributed by atoms with Crippen LogP contribution in [0.1, 0.15) is 5.56 Å². The summed E-state index contributed by atoms with van der Waals surface area (Å²) >= 11 is 0. The highest BCUT2D eigenvalue weighted by atomic mass is 16.5. The second-order valence-corrected chi connectivity index (χ2v) is 4.84. The normalized spacial score (nSPS) is 10.6. The summed E-state index contributed by atoms with van der Waals surface area (Å²) in [5, 5.41) is 14.8. The van der Waals surface area contributed by atoms with E-state index < -0.39 is 5.91 Å². The molecule has 23 heavy (non-hydrogen) atoms. The lowest BCUT2D eigenvalue weighted by Crippen LogP contribution is -2.14. The molecule has 2 aromatic rings. The van der Waals surface area contributed by atoms with Crippen LogP contribution < -0.4 is 15.4 Å². The predicted octanol–water partition coefficient (Wildman–Crippen LogP) is 3.46.